The molecule has 0 saturated carbocycles. The number of piperidine rings is 1. The fourth-order valence-corrected chi connectivity index (χ4v) is 4.86. The Morgan fingerprint density at radius 3 is 2.22 bits per heavy atom. The number of anilines is 1. The molecule has 7 heteroatoms. The van der Waals surface area contributed by atoms with Crippen molar-refractivity contribution in [3.05, 3.63) is 24.3 Å². The number of benzene rings is 1. The molecule has 5 nitrogen and oxygen atoms in total. The summed E-state index contributed by atoms with van der Waals surface area (Å²) in [5.74, 6) is 3.34. The lowest BCUT2D eigenvalue weighted by atomic mass is 9.95. The van der Waals surface area contributed by atoms with Gasteiger partial charge in [0.1, 0.15) is 0 Å². The van der Waals surface area contributed by atoms with Gasteiger partial charge in [0.15, 0.2) is 0 Å². The van der Waals surface area contributed by atoms with E-state index < -0.39 is 10.0 Å². The van der Waals surface area contributed by atoms with E-state index in [1.54, 1.807) is 12.1 Å². The van der Waals surface area contributed by atoms with Crippen molar-refractivity contribution in [2.24, 2.45) is 11.1 Å². The van der Waals surface area contributed by atoms with Gasteiger partial charge in [-0.3, -0.25) is 0 Å². The summed E-state index contributed by atoms with van der Waals surface area (Å²) in [6, 6.07) is 6.92. The molecule has 0 unspecified atom stereocenters. The SMILES string of the molecule is NS(=O)(=O)c1ccc(N2CCC(CN3CCSCC3)CC2)cc1. The Morgan fingerprint density at radius 2 is 1.65 bits per heavy atom. The van der Waals surface area contributed by atoms with Crippen molar-refractivity contribution >= 4 is 27.5 Å². The molecule has 2 aliphatic heterocycles. The molecule has 2 N–H and O–H groups in total. The molecule has 0 radical (unpaired) electrons. The molecule has 1 aromatic carbocycles. The summed E-state index contributed by atoms with van der Waals surface area (Å²) in [6.07, 6.45) is 2.42. The third-order valence-corrected chi connectivity index (χ3v) is 6.64. The van der Waals surface area contributed by atoms with E-state index in [1.165, 1.54) is 44.0 Å². The van der Waals surface area contributed by atoms with Gasteiger partial charge >= 0.3 is 0 Å². The predicted molar refractivity (Wildman–Crippen MR) is 96.5 cm³/mol. The Balaban J connectivity index is 1.52. The smallest absolute Gasteiger partial charge is 0.238 e. The number of thioether (sulfide) groups is 1. The first-order valence-electron chi connectivity index (χ1n) is 8.20. The Morgan fingerprint density at radius 1 is 1.04 bits per heavy atom. The molecular weight excluding hydrogens is 330 g/mol. The van der Waals surface area contributed by atoms with Crippen molar-refractivity contribution in [2.45, 2.75) is 17.7 Å². The number of hydrogen-bond donors (Lipinski definition) is 1. The minimum Gasteiger partial charge on any atom is -0.372 e. The highest BCUT2D eigenvalue weighted by molar-refractivity contribution is 7.99. The van der Waals surface area contributed by atoms with E-state index in [1.807, 2.05) is 12.1 Å². The lowest BCUT2D eigenvalue weighted by molar-refractivity contribution is 0.228. The van der Waals surface area contributed by atoms with Crippen LogP contribution in [-0.4, -0.2) is 57.5 Å². The summed E-state index contributed by atoms with van der Waals surface area (Å²) >= 11 is 2.06. The fraction of sp³-hybridized carbons (Fsp3) is 0.625. The van der Waals surface area contributed by atoms with Crippen LogP contribution >= 0.6 is 11.8 Å². The van der Waals surface area contributed by atoms with Crippen LogP contribution in [0.2, 0.25) is 0 Å². The van der Waals surface area contributed by atoms with Crippen LogP contribution < -0.4 is 10.0 Å². The maximum Gasteiger partial charge on any atom is 0.238 e. The minimum atomic E-state index is -3.60. The van der Waals surface area contributed by atoms with Gasteiger partial charge < -0.3 is 9.80 Å². The molecular formula is C16H25N3O2S2. The molecule has 128 valence electrons. The van der Waals surface area contributed by atoms with Crippen molar-refractivity contribution in [1.29, 1.82) is 0 Å². The van der Waals surface area contributed by atoms with Gasteiger partial charge in [0.05, 0.1) is 4.90 Å². The summed E-state index contributed by atoms with van der Waals surface area (Å²) < 4.78 is 22.6. The lowest BCUT2D eigenvalue weighted by Crippen LogP contribution is -2.41. The molecule has 2 saturated heterocycles. The molecule has 2 fully saturated rings. The Kier molecular flexibility index (Phi) is 5.51. The first kappa shape index (κ1) is 17.1. The van der Waals surface area contributed by atoms with Crippen LogP contribution in [0.25, 0.3) is 0 Å². The Hall–Kier alpha value is -0.760. The zero-order valence-electron chi connectivity index (χ0n) is 13.4. The van der Waals surface area contributed by atoms with Crippen LogP contribution in [0.5, 0.6) is 0 Å². The van der Waals surface area contributed by atoms with Gasteiger partial charge in [-0.25, -0.2) is 13.6 Å². The number of hydrogen-bond acceptors (Lipinski definition) is 5. The van der Waals surface area contributed by atoms with Gasteiger partial charge in [-0.1, -0.05) is 0 Å². The zero-order chi connectivity index (χ0) is 16.3. The van der Waals surface area contributed by atoms with Crippen LogP contribution in [0.15, 0.2) is 29.2 Å². The molecule has 0 atom stereocenters. The highest BCUT2D eigenvalue weighted by atomic mass is 32.2. The minimum absolute atomic E-state index is 0.180. The monoisotopic (exact) mass is 355 g/mol. The zero-order valence-corrected chi connectivity index (χ0v) is 15.0. The molecule has 23 heavy (non-hydrogen) atoms. The molecule has 2 heterocycles. The number of sulfonamides is 1. The van der Waals surface area contributed by atoms with E-state index >= 15 is 0 Å². The van der Waals surface area contributed by atoms with Crippen LogP contribution in [0.3, 0.4) is 0 Å². The van der Waals surface area contributed by atoms with E-state index in [0.717, 1.165) is 24.7 Å². The third kappa shape index (κ3) is 4.62. The van der Waals surface area contributed by atoms with E-state index in [-0.39, 0.29) is 4.90 Å². The quantitative estimate of drug-likeness (QED) is 0.889. The highest BCUT2D eigenvalue weighted by Crippen LogP contribution is 2.25. The van der Waals surface area contributed by atoms with Gasteiger partial charge in [0.2, 0.25) is 10.0 Å². The molecule has 1 aromatic rings. The van der Waals surface area contributed by atoms with Crippen molar-refractivity contribution in [3.8, 4) is 0 Å². The average molecular weight is 356 g/mol. The normalized spacial score (nSPS) is 21.5. The topological polar surface area (TPSA) is 66.6 Å². The highest BCUT2D eigenvalue weighted by Gasteiger charge is 2.22. The van der Waals surface area contributed by atoms with Crippen molar-refractivity contribution < 1.29 is 8.42 Å². The summed E-state index contributed by atoms with van der Waals surface area (Å²) in [5.41, 5.74) is 1.09. The molecule has 3 rings (SSSR count). The first-order valence-corrected chi connectivity index (χ1v) is 10.9. The van der Waals surface area contributed by atoms with E-state index in [9.17, 15) is 8.42 Å². The van der Waals surface area contributed by atoms with Crippen LogP contribution in [-0.2, 0) is 10.0 Å². The van der Waals surface area contributed by atoms with Gasteiger partial charge in [0.25, 0.3) is 0 Å². The van der Waals surface area contributed by atoms with Gasteiger partial charge in [0, 0.05) is 49.9 Å². The summed E-state index contributed by atoms with van der Waals surface area (Å²) in [6.45, 7) is 5.79. The molecule has 0 bridgehead atoms. The van der Waals surface area contributed by atoms with Gasteiger partial charge in [-0.2, -0.15) is 11.8 Å². The number of rotatable bonds is 4. The third-order valence-electron chi connectivity index (χ3n) is 4.77. The van der Waals surface area contributed by atoms with Crippen molar-refractivity contribution in [3.63, 3.8) is 0 Å². The van der Waals surface area contributed by atoms with Crippen LogP contribution in [0.1, 0.15) is 12.8 Å². The molecule has 0 amide bonds. The second-order valence-corrected chi connectivity index (χ2v) is 9.17. The van der Waals surface area contributed by atoms with Gasteiger partial charge in [-0.05, 0) is 43.0 Å². The first-order chi connectivity index (χ1) is 11.0. The molecule has 2 aliphatic rings. The van der Waals surface area contributed by atoms with E-state index in [2.05, 4.69) is 21.6 Å². The number of nitrogens with zero attached hydrogens (tertiary/aromatic N) is 2. The largest absolute Gasteiger partial charge is 0.372 e. The maximum absolute atomic E-state index is 11.3. The summed E-state index contributed by atoms with van der Waals surface area (Å²) in [5, 5.41) is 5.14. The Labute approximate surface area is 143 Å². The summed E-state index contributed by atoms with van der Waals surface area (Å²) in [7, 11) is -3.60. The number of primary sulfonamides is 1. The second-order valence-electron chi connectivity index (χ2n) is 6.38. The maximum atomic E-state index is 11.3. The average Bonchev–Trinajstić information content (AvgIpc) is 2.56. The van der Waals surface area contributed by atoms with Gasteiger partial charge in [-0.15, -0.1) is 0 Å². The molecule has 0 aliphatic carbocycles. The predicted octanol–water partition coefficient (Wildman–Crippen LogP) is 1.60. The van der Waals surface area contributed by atoms with E-state index in [4.69, 9.17) is 5.14 Å². The summed E-state index contributed by atoms with van der Waals surface area (Å²) in [4.78, 5) is 5.13. The molecule has 0 aromatic heterocycles. The Bertz CT molecular complexity index is 605. The van der Waals surface area contributed by atoms with Crippen molar-refractivity contribution in [2.75, 3.05) is 49.1 Å². The molecule has 0 spiro atoms. The van der Waals surface area contributed by atoms with Crippen LogP contribution in [0.4, 0.5) is 5.69 Å². The second kappa shape index (κ2) is 7.42. The fourth-order valence-electron chi connectivity index (χ4n) is 3.37. The number of nitrogens with two attached hydrogens (primary N) is 1. The van der Waals surface area contributed by atoms with E-state index in [0.29, 0.717) is 0 Å². The van der Waals surface area contributed by atoms with Crippen molar-refractivity contribution in [1.82, 2.24) is 4.90 Å². The standard InChI is InChI=1S/C16H25N3O2S2/c17-23(20,21)16-3-1-15(2-4-16)19-7-5-14(6-8-19)13-18-9-11-22-12-10-18/h1-4,14H,5-13H2,(H2,17,20,21). The lowest BCUT2D eigenvalue weighted by Gasteiger charge is -2.37. The van der Waals surface area contributed by atoms with Crippen LogP contribution in [0, 0.1) is 5.92 Å².